The molecule has 6 heteroatoms. The Labute approximate surface area is 227 Å². The summed E-state index contributed by atoms with van der Waals surface area (Å²) in [4.78, 5) is 38.4. The van der Waals surface area contributed by atoms with Crippen LogP contribution in [0.2, 0.25) is 0 Å². The van der Waals surface area contributed by atoms with E-state index >= 15 is 0 Å². The summed E-state index contributed by atoms with van der Waals surface area (Å²) in [5, 5.41) is 2.30. The summed E-state index contributed by atoms with van der Waals surface area (Å²) in [5.74, 6) is 0.459. The van der Waals surface area contributed by atoms with E-state index in [4.69, 9.17) is 0 Å². The summed E-state index contributed by atoms with van der Waals surface area (Å²) in [5.41, 5.74) is 7.76. The molecule has 0 bridgehead atoms. The van der Waals surface area contributed by atoms with Crippen LogP contribution in [0.4, 0.5) is 0 Å². The van der Waals surface area contributed by atoms with Gasteiger partial charge in [-0.2, -0.15) is 0 Å². The van der Waals surface area contributed by atoms with Crippen LogP contribution < -0.4 is 0 Å². The zero-order valence-electron chi connectivity index (χ0n) is 22.3. The maximum absolute atomic E-state index is 14.0. The molecule has 2 aliphatic rings. The Balaban J connectivity index is 1.25. The van der Waals surface area contributed by atoms with Gasteiger partial charge < -0.3 is 19.8 Å². The van der Waals surface area contributed by atoms with Crippen molar-refractivity contribution in [3.05, 3.63) is 107 Å². The van der Waals surface area contributed by atoms with Crippen molar-refractivity contribution >= 4 is 33.6 Å². The Morgan fingerprint density at radius 1 is 0.897 bits per heavy atom. The number of aromatic nitrogens is 2. The third kappa shape index (κ3) is 3.85. The Kier molecular flexibility index (Phi) is 5.58. The first kappa shape index (κ1) is 23.8. The first-order valence-electron chi connectivity index (χ1n) is 13.8. The largest absolute Gasteiger partial charge is 0.361 e. The number of fused-ring (bicyclic) bond motifs is 5. The van der Waals surface area contributed by atoms with Crippen LogP contribution in [0.1, 0.15) is 53.8 Å². The minimum atomic E-state index is -0.518. The fraction of sp³-hybridized carbons (Fsp3) is 0.273. The van der Waals surface area contributed by atoms with Crippen molar-refractivity contribution in [2.45, 2.75) is 44.7 Å². The second kappa shape index (κ2) is 9.16. The molecule has 2 N–H and O–H groups in total. The van der Waals surface area contributed by atoms with Crippen molar-refractivity contribution in [1.82, 2.24) is 19.8 Å². The molecule has 2 aromatic heterocycles. The molecular formula is C33H32N4O2. The van der Waals surface area contributed by atoms with Crippen molar-refractivity contribution in [1.29, 1.82) is 0 Å². The smallest absolute Gasteiger partial charge is 0.246 e. The highest BCUT2D eigenvalue weighted by atomic mass is 16.2. The Hall–Kier alpha value is -4.32. The van der Waals surface area contributed by atoms with Gasteiger partial charge >= 0.3 is 0 Å². The quantitative estimate of drug-likeness (QED) is 0.315. The molecule has 7 rings (SSSR count). The summed E-state index contributed by atoms with van der Waals surface area (Å²) >= 11 is 0. The number of hydrogen-bond donors (Lipinski definition) is 2. The Morgan fingerprint density at radius 3 is 2.38 bits per heavy atom. The molecule has 1 fully saturated rings. The summed E-state index contributed by atoms with van der Waals surface area (Å²) in [6.45, 7) is 4.98. The molecule has 0 spiro atoms. The highest BCUT2D eigenvalue weighted by molar-refractivity contribution is 5.97. The molecule has 2 amide bonds. The number of H-pyrrole nitrogens is 2. The summed E-state index contributed by atoms with van der Waals surface area (Å²) in [6.07, 6.45) is 3.24. The first-order valence-corrected chi connectivity index (χ1v) is 13.8. The average Bonchev–Trinajstić information content (AvgIpc) is 3.54. The van der Waals surface area contributed by atoms with Gasteiger partial charge in [-0.05, 0) is 46.7 Å². The molecule has 0 unspecified atom stereocenters. The second-order valence-corrected chi connectivity index (χ2v) is 11.2. The number of benzene rings is 3. The number of aromatic amines is 2. The van der Waals surface area contributed by atoms with Crippen LogP contribution in [0.15, 0.2) is 79.0 Å². The minimum absolute atomic E-state index is 0.000712. The molecule has 0 saturated carbocycles. The fourth-order valence-electron chi connectivity index (χ4n) is 6.52. The molecule has 0 radical (unpaired) electrons. The van der Waals surface area contributed by atoms with E-state index < -0.39 is 6.04 Å². The first-order chi connectivity index (χ1) is 19.0. The maximum atomic E-state index is 14.0. The number of carbonyl (C=O) groups is 2. The normalized spacial score (nSPS) is 19.3. The molecule has 2 atom stereocenters. The molecular weight excluding hydrogens is 484 g/mol. The highest BCUT2D eigenvalue weighted by Crippen LogP contribution is 2.42. The summed E-state index contributed by atoms with van der Waals surface area (Å²) in [7, 11) is 0. The van der Waals surface area contributed by atoms with Gasteiger partial charge in [-0.25, -0.2) is 0 Å². The van der Waals surface area contributed by atoms with Gasteiger partial charge in [-0.15, -0.1) is 0 Å². The number of rotatable bonds is 5. The van der Waals surface area contributed by atoms with Crippen LogP contribution in [0.3, 0.4) is 0 Å². The lowest BCUT2D eigenvalue weighted by Gasteiger charge is -2.47. The third-order valence-corrected chi connectivity index (χ3v) is 8.59. The average molecular weight is 517 g/mol. The lowest BCUT2D eigenvalue weighted by Crippen LogP contribution is -2.63. The number of carbonyl (C=O) groups excluding carboxylic acids is 2. The van der Waals surface area contributed by atoms with Gasteiger partial charge in [0.25, 0.3) is 0 Å². The van der Waals surface area contributed by atoms with E-state index in [1.807, 2.05) is 35.4 Å². The number of hydrogen-bond acceptors (Lipinski definition) is 2. The predicted molar refractivity (Wildman–Crippen MR) is 154 cm³/mol. The van der Waals surface area contributed by atoms with E-state index in [0.29, 0.717) is 25.3 Å². The standard InChI is InChI=1S/C33H32N4O2/c1-20(2)21-11-13-22(14-12-21)32-31-26(25-8-4-6-10-28(25)35-31)17-29-33(39)36(19-30(38)37(29)32)16-15-23-18-34-27-9-5-3-7-24(23)27/h3-14,18,20,29,32,34-35H,15-17,19H2,1-2H3/t29-,32+/m0/s1. The summed E-state index contributed by atoms with van der Waals surface area (Å²) in [6, 6.07) is 24.1. The van der Waals surface area contributed by atoms with Gasteiger partial charge in [-0.3, -0.25) is 9.59 Å². The van der Waals surface area contributed by atoms with E-state index in [-0.39, 0.29) is 24.4 Å². The number of nitrogens with one attached hydrogen (secondary N) is 2. The van der Waals surface area contributed by atoms with Gasteiger partial charge in [0.15, 0.2) is 0 Å². The monoisotopic (exact) mass is 516 g/mol. The van der Waals surface area contributed by atoms with Gasteiger partial charge in [0.1, 0.15) is 6.04 Å². The van der Waals surface area contributed by atoms with Gasteiger partial charge in [0, 0.05) is 46.7 Å². The molecule has 39 heavy (non-hydrogen) atoms. The third-order valence-electron chi connectivity index (χ3n) is 8.59. The topological polar surface area (TPSA) is 72.2 Å². The molecule has 2 aliphatic heterocycles. The van der Waals surface area contributed by atoms with Crippen LogP contribution in [0.25, 0.3) is 21.8 Å². The van der Waals surface area contributed by atoms with E-state index in [9.17, 15) is 9.59 Å². The van der Waals surface area contributed by atoms with Crippen molar-refractivity contribution in [2.75, 3.05) is 13.1 Å². The molecule has 6 nitrogen and oxygen atoms in total. The van der Waals surface area contributed by atoms with Crippen molar-refractivity contribution in [3.63, 3.8) is 0 Å². The number of nitrogens with zero attached hydrogens (tertiary/aromatic N) is 2. The lowest BCUT2D eigenvalue weighted by atomic mass is 9.85. The number of para-hydroxylation sites is 2. The van der Waals surface area contributed by atoms with Crippen molar-refractivity contribution < 1.29 is 9.59 Å². The number of amides is 2. The minimum Gasteiger partial charge on any atom is -0.361 e. The SMILES string of the molecule is CC(C)c1ccc([C@@H]2c3[nH]c4ccccc4c3C[C@H]3C(=O)N(CCc4c[nH]c5ccccc45)CC(=O)N23)cc1. The van der Waals surface area contributed by atoms with E-state index in [1.54, 1.807) is 4.90 Å². The van der Waals surface area contributed by atoms with Crippen LogP contribution in [-0.4, -0.2) is 50.7 Å². The van der Waals surface area contributed by atoms with Crippen LogP contribution in [-0.2, 0) is 22.4 Å². The number of piperazine rings is 1. The van der Waals surface area contributed by atoms with Gasteiger partial charge in [0.05, 0.1) is 12.6 Å². The van der Waals surface area contributed by atoms with E-state index in [1.165, 1.54) is 16.5 Å². The summed E-state index contributed by atoms with van der Waals surface area (Å²) < 4.78 is 0. The van der Waals surface area contributed by atoms with Crippen molar-refractivity contribution in [3.8, 4) is 0 Å². The molecule has 196 valence electrons. The van der Waals surface area contributed by atoms with Gasteiger partial charge in [0.2, 0.25) is 11.8 Å². The van der Waals surface area contributed by atoms with E-state index in [2.05, 4.69) is 72.3 Å². The molecule has 3 aromatic carbocycles. The zero-order valence-corrected chi connectivity index (χ0v) is 22.3. The maximum Gasteiger partial charge on any atom is 0.246 e. The lowest BCUT2D eigenvalue weighted by molar-refractivity contribution is -0.158. The fourth-order valence-corrected chi connectivity index (χ4v) is 6.52. The molecule has 5 aromatic rings. The van der Waals surface area contributed by atoms with Crippen LogP contribution in [0, 0.1) is 0 Å². The van der Waals surface area contributed by atoms with Gasteiger partial charge in [-0.1, -0.05) is 74.5 Å². The Morgan fingerprint density at radius 2 is 1.62 bits per heavy atom. The molecule has 4 heterocycles. The second-order valence-electron chi connectivity index (χ2n) is 11.2. The zero-order chi connectivity index (χ0) is 26.7. The van der Waals surface area contributed by atoms with E-state index in [0.717, 1.165) is 33.2 Å². The van der Waals surface area contributed by atoms with Crippen molar-refractivity contribution in [2.24, 2.45) is 0 Å². The Bertz CT molecular complexity index is 1710. The highest BCUT2D eigenvalue weighted by Gasteiger charge is 2.48. The van der Waals surface area contributed by atoms with Crippen LogP contribution >= 0.6 is 0 Å². The predicted octanol–water partition coefficient (Wildman–Crippen LogP) is 5.70. The molecule has 0 aliphatic carbocycles. The molecule has 1 saturated heterocycles. The van der Waals surface area contributed by atoms with Crippen LogP contribution in [0.5, 0.6) is 0 Å².